The van der Waals surface area contributed by atoms with Crippen molar-refractivity contribution in [3.63, 3.8) is 0 Å². The standard InChI is InChI=1S/C8H4F3N3O2S/c9-8(10,11)6-13-14-7(17-6)12-5(15)4-2-1-3-16-4/h1-3H,(H,12,14,15). The Morgan fingerprint density at radius 2 is 2.18 bits per heavy atom. The molecule has 0 bridgehead atoms. The summed E-state index contributed by atoms with van der Waals surface area (Å²) in [7, 11) is 0. The number of amides is 1. The second-order valence-electron chi connectivity index (χ2n) is 2.84. The topological polar surface area (TPSA) is 68.0 Å². The summed E-state index contributed by atoms with van der Waals surface area (Å²) in [5.74, 6) is -0.700. The van der Waals surface area contributed by atoms with Gasteiger partial charge in [0.1, 0.15) is 0 Å². The molecule has 9 heteroatoms. The normalized spacial score (nSPS) is 11.5. The third-order valence-corrected chi connectivity index (χ3v) is 2.52. The van der Waals surface area contributed by atoms with E-state index in [1.54, 1.807) is 0 Å². The molecule has 0 unspecified atom stereocenters. The van der Waals surface area contributed by atoms with Crippen molar-refractivity contribution >= 4 is 22.4 Å². The van der Waals surface area contributed by atoms with Crippen LogP contribution in [0.4, 0.5) is 18.3 Å². The predicted molar refractivity (Wildman–Crippen MR) is 51.6 cm³/mol. The Morgan fingerprint density at radius 1 is 1.41 bits per heavy atom. The molecule has 2 rings (SSSR count). The van der Waals surface area contributed by atoms with Crippen molar-refractivity contribution in [2.75, 3.05) is 5.32 Å². The van der Waals surface area contributed by atoms with Gasteiger partial charge in [0.05, 0.1) is 6.26 Å². The summed E-state index contributed by atoms with van der Waals surface area (Å²) < 4.78 is 41.3. The third-order valence-electron chi connectivity index (χ3n) is 1.63. The van der Waals surface area contributed by atoms with E-state index in [4.69, 9.17) is 4.42 Å². The van der Waals surface area contributed by atoms with Crippen LogP contribution in [0.2, 0.25) is 0 Å². The molecular weight excluding hydrogens is 259 g/mol. The van der Waals surface area contributed by atoms with Crippen LogP contribution in [-0.2, 0) is 6.18 Å². The van der Waals surface area contributed by atoms with E-state index >= 15 is 0 Å². The maximum atomic E-state index is 12.2. The lowest BCUT2D eigenvalue weighted by Gasteiger charge is -1.98. The molecule has 0 saturated carbocycles. The van der Waals surface area contributed by atoms with Crippen LogP contribution in [0, 0.1) is 0 Å². The van der Waals surface area contributed by atoms with Crippen molar-refractivity contribution in [3.8, 4) is 0 Å². The number of halogens is 3. The monoisotopic (exact) mass is 263 g/mol. The van der Waals surface area contributed by atoms with E-state index in [1.165, 1.54) is 18.4 Å². The number of rotatable bonds is 2. The van der Waals surface area contributed by atoms with Gasteiger partial charge in [-0.3, -0.25) is 10.1 Å². The Hall–Kier alpha value is -1.90. The zero-order chi connectivity index (χ0) is 12.5. The van der Waals surface area contributed by atoms with Crippen LogP contribution < -0.4 is 5.32 Å². The lowest BCUT2D eigenvalue weighted by atomic mass is 10.4. The smallest absolute Gasteiger partial charge is 0.445 e. The second kappa shape index (κ2) is 4.17. The van der Waals surface area contributed by atoms with E-state index in [0.29, 0.717) is 0 Å². The molecule has 2 aromatic heterocycles. The predicted octanol–water partition coefficient (Wildman–Crippen LogP) is 2.40. The Kier molecular flexibility index (Phi) is 2.84. The number of hydrogen-bond acceptors (Lipinski definition) is 5. The minimum absolute atomic E-state index is 0.0197. The number of aromatic nitrogens is 2. The Labute approximate surface area is 96.3 Å². The molecule has 2 heterocycles. The maximum absolute atomic E-state index is 12.2. The molecule has 0 saturated heterocycles. The summed E-state index contributed by atoms with van der Waals surface area (Å²) in [6, 6.07) is 2.86. The summed E-state index contributed by atoms with van der Waals surface area (Å²) >= 11 is 0.245. The molecule has 1 N–H and O–H groups in total. The van der Waals surface area contributed by atoms with Crippen LogP contribution >= 0.6 is 11.3 Å². The van der Waals surface area contributed by atoms with Crippen LogP contribution in [-0.4, -0.2) is 16.1 Å². The van der Waals surface area contributed by atoms with Crippen LogP contribution in [0.3, 0.4) is 0 Å². The molecule has 90 valence electrons. The van der Waals surface area contributed by atoms with Crippen molar-refractivity contribution in [2.45, 2.75) is 6.18 Å². The number of carbonyl (C=O) groups excluding carboxylic acids is 1. The lowest BCUT2D eigenvalue weighted by Crippen LogP contribution is -2.10. The van der Waals surface area contributed by atoms with Gasteiger partial charge >= 0.3 is 6.18 Å². The summed E-state index contributed by atoms with van der Waals surface area (Å²) in [5.41, 5.74) is 0. The summed E-state index contributed by atoms with van der Waals surface area (Å²) in [4.78, 5) is 11.4. The third kappa shape index (κ3) is 2.61. The van der Waals surface area contributed by atoms with Crippen LogP contribution in [0.25, 0.3) is 0 Å². The van der Waals surface area contributed by atoms with Gasteiger partial charge in [0.2, 0.25) is 10.1 Å². The summed E-state index contributed by atoms with van der Waals surface area (Å²) in [5, 5.41) is 6.92. The Bertz CT molecular complexity index is 520. The number of nitrogens with zero attached hydrogens (tertiary/aromatic N) is 2. The van der Waals surface area contributed by atoms with E-state index in [-0.39, 0.29) is 22.2 Å². The quantitative estimate of drug-likeness (QED) is 0.903. The zero-order valence-corrected chi connectivity index (χ0v) is 8.80. The second-order valence-corrected chi connectivity index (χ2v) is 3.82. The van der Waals surface area contributed by atoms with Gasteiger partial charge in [0, 0.05) is 0 Å². The molecule has 1 amide bonds. The van der Waals surface area contributed by atoms with Gasteiger partial charge in [-0.25, -0.2) is 0 Å². The first-order chi connectivity index (χ1) is 7.97. The fraction of sp³-hybridized carbons (Fsp3) is 0.125. The molecule has 0 aliphatic rings. The van der Waals surface area contributed by atoms with Crippen LogP contribution in [0.15, 0.2) is 22.8 Å². The molecule has 0 atom stereocenters. The maximum Gasteiger partial charge on any atom is 0.445 e. The first kappa shape index (κ1) is 11.6. The van der Waals surface area contributed by atoms with Crippen molar-refractivity contribution in [2.24, 2.45) is 0 Å². The highest BCUT2D eigenvalue weighted by Gasteiger charge is 2.35. The van der Waals surface area contributed by atoms with E-state index in [1.807, 2.05) is 0 Å². The van der Waals surface area contributed by atoms with Crippen molar-refractivity contribution in [1.82, 2.24) is 10.2 Å². The van der Waals surface area contributed by atoms with E-state index in [0.717, 1.165) is 0 Å². The number of nitrogens with one attached hydrogen (secondary N) is 1. The largest absolute Gasteiger partial charge is 0.459 e. The molecule has 0 fully saturated rings. The molecule has 0 aliphatic carbocycles. The van der Waals surface area contributed by atoms with E-state index < -0.39 is 17.1 Å². The fourth-order valence-electron chi connectivity index (χ4n) is 0.955. The molecule has 0 radical (unpaired) electrons. The van der Waals surface area contributed by atoms with Gasteiger partial charge in [-0.15, -0.1) is 10.2 Å². The number of hydrogen-bond donors (Lipinski definition) is 1. The SMILES string of the molecule is O=C(Nc1nnc(C(F)(F)F)s1)c1ccco1. The average Bonchev–Trinajstić information content (AvgIpc) is 2.85. The fourth-order valence-corrected chi connectivity index (χ4v) is 1.56. The molecule has 0 aliphatic heterocycles. The Balaban J connectivity index is 2.10. The van der Waals surface area contributed by atoms with Gasteiger partial charge in [-0.2, -0.15) is 13.2 Å². The van der Waals surface area contributed by atoms with Crippen molar-refractivity contribution in [1.29, 1.82) is 0 Å². The zero-order valence-electron chi connectivity index (χ0n) is 7.99. The first-order valence-electron chi connectivity index (χ1n) is 4.22. The lowest BCUT2D eigenvalue weighted by molar-refractivity contribution is -0.138. The number of carbonyl (C=O) groups is 1. The number of furan rings is 1. The molecule has 2 aromatic rings. The van der Waals surface area contributed by atoms with Crippen molar-refractivity contribution < 1.29 is 22.4 Å². The van der Waals surface area contributed by atoms with Gasteiger partial charge < -0.3 is 4.42 Å². The van der Waals surface area contributed by atoms with Gasteiger partial charge in [0.15, 0.2) is 5.76 Å². The van der Waals surface area contributed by atoms with Crippen LogP contribution in [0.1, 0.15) is 15.6 Å². The van der Waals surface area contributed by atoms with E-state index in [9.17, 15) is 18.0 Å². The molecule has 0 spiro atoms. The number of anilines is 1. The minimum atomic E-state index is -4.56. The first-order valence-corrected chi connectivity index (χ1v) is 5.04. The summed E-state index contributed by atoms with van der Waals surface area (Å²) in [6.07, 6.45) is -3.29. The highest BCUT2D eigenvalue weighted by molar-refractivity contribution is 7.15. The number of alkyl halides is 3. The molecule has 17 heavy (non-hydrogen) atoms. The minimum Gasteiger partial charge on any atom is -0.459 e. The molecular formula is C8H4F3N3O2S. The molecule has 5 nitrogen and oxygen atoms in total. The summed E-state index contributed by atoms with van der Waals surface area (Å²) in [6.45, 7) is 0. The van der Waals surface area contributed by atoms with Crippen LogP contribution in [0.5, 0.6) is 0 Å². The highest BCUT2D eigenvalue weighted by Crippen LogP contribution is 2.33. The molecule has 0 aromatic carbocycles. The van der Waals surface area contributed by atoms with Crippen molar-refractivity contribution in [3.05, 3.63) is 29.2 Å². The van der Waals surface area contributed by atoms with Gasteiger partial charge in [0.25, 0.3) is 5.91 Å². The van der Waals surface area contributed by atoms with Gasteiger partial charge in [-0.05, 0) is 12.1 Å². The van der Waals surface area contributed by atoms with E-state index in [2.05, 4.69) is 15.5 Å². The highest BCUT2D eigenvalue weighted by atomic mass is 32.1. The average molecular weight is 263 g/mol. The van der Waals surface area contributed by atoms with Gasteiger partial charge in [-0.1, -0.05) is 11.3 Å². The Morgan fingerprint density at radius 3 is 2.71 bits per heavy atom.